The highest BCUT2D eigenvalue weighted by Gasteiger charge is 2.36. The molecule has 0 aliphatic rings. The van der Waals surface area contributed by atoms with Gasteiger partial charge >= 0.3 is 0 Å². The van der Waals surface area contributed by atoms with Crippen LogP contribution in [0, 0.1) is 0 Å². The number of allylic oxidation sites excluding steroid dienone is 4. The normalized spacial score (nSPS) is 14.3. The number of nitrogens with one attached hydrogen (secondary N) is 2. The van der Waals surface area contributed by atoms with Gasteiger partial charge in [0.2, 0.25) is 11.8 Å². The number of carbonyl (C=O) groups excluding carboxylic acids is 2. The Morgan fingerprint density at radius 3 is 1.10 bits per heavy atom. The van der Waals surface area contributed by atoms with Crippen LogP contribution in [-0.4, -0.2) is 53.9 Å². The molecule has 6 heteroatoms. The summed E-state index contributed by atoms with van der Waals surface area (Å²) in [6, 6.07) is 0. The van der Waals surface area contributed by atoms with Gasteiger partial charge in [0.25, 0.3) is 0 Å². The number of aliphatic hydroxyl groups excluding tert-OH is 1. The molecule has 3 N–H and O–H groups in total. The van der Waals surface area contributed by atoms with E-state index in [0.29, 0.717) is 23.9 Å². The molecule has 288 valence electrons. The monoisotopic (exact) mass is 691 g/mol. The highest BCUT2D eigenvalue weighted by Crippen LogP contribution is 2.16. The van der Waals surface area contributed by atoms with Gasteiger partial charge in [-0.3, -0.25) is 14.1 Å². The second-order valence-electron chi connectivity index (χ2n) is 14.9. The average molecular weight is 691 g/mol. The summed E-state index contributed by atoms with van der Waals surface area (Å²) in [5.41, 5.74) is 0. The first-order valence-electron chi connectivity index (χ1n) is 21.2. The second-order valence-corrected chi connectivity index (χ2v) is 14.9. The molecule has 49 heavy (non-hydrogen) atoms. The van der Waals surface area contributed by atoms with Crippen LogP contribution in [0.25, 0.3) is 0 Å². The third kappa shape index (κ3) is 28.7. The molecule has 0 aromatic heterocycles. The summed E-state index contributed by atoms with van der Waals surface area (Å²) in [6.07, 6.45) is 42.4. The standard InChI is InChI=1S/C43H83N3O3/c1-6-8-10-12-14-16-18-20-22-24-26-28-30-32-34-36-42(48)44-40(3)46(5,38-39-47)41(4)45-43(49)37-35-33-31-29-27-25-23-21-19-17-15-13-11-9-7-2/h20-23,40-41,47H,6-19,24-39H2,1-5H3,(H-,44,45,48,49)/p+1. The van der Waals surface area contributed by atoms with Crippen molar-refractivity contribution in [2.45, 2.75) is 220 Å². The molecule has 2 amide bonds. The smallest absolute Gasteiger partial charge is 0.224 e. The molecule has 0 fully saturated rings. The lowest BCUT2D eigenvalue weighted by Crippen LogP contribution is -2.67. The molecule has 0 saturated carbocycles. The highest BCUT2D eigenvalue weighted by atomic mass is 16.3. The maximum Gasteiger partial charge on any atom is 0.224 e. The fourth-order valence-electron chi connectivity index (χ4n) is 6.56. The van der Waals surface area contributed by atoms with E-state index in [1.807, 2.05) is 20.9 Å². The Morgan fingerprint density at radius 2 is 0.796 bits per heavy atom. The van der Waals surface area contributed by atoms with Gasteiger partial charge in [0.15, 0.2) is 12.3 Å². The van der Waals surface area contributed by atoms with Gasteiger partial charge in [-0.1, -0.05) is 141 Å². The fourth-order valence-corrected chi connectivity index (χ4v) is 6.56. The maximum atomic E-state index is 12.8. The summed E-state index contributed by atoms with van der Waals surface area (Å²) in [7, 11) is 2.01. The number of hydrogen-bond acceptors (Lipinski definition) is 3. The first-order chi connectivity index (χ1) is 23.8. The van der Waals surface area contributed by atoms with Gasteiger partial charge in [-0.15, -0.1) is 0 Å². The molecule has 0 bridgehead atoms. The van der Waals surface area contributed by atoms with Crippen molar-refractivity contribution in [3.8, 4) is 0 Å². The molecule has 0 radical (unpaired) electrons. The first-order valence-corrected chi connectivity index (χ1v) is 21.2. The lowest BCUT2D eigenvalue weighted by atomic mass is 10.1. The SMILES string of the molecule is CCCCCCCCC=CCCCCCCCC(=O)NC(C)[N+](C)(CCO)C(C)NC(=O)CCCCCCCC=CCCCCCCCC. The number of likely N-dealkylation sites (N-methyl/N-ethyl adjacent to an activating group) is 1. The minimum atomic E-state index is -0.210. The van der Waals surface area contributed by atoms with Crippen molar-refractivity contribution in [1.82, 2.24) is 10.6 Å². The van der Waals surface area contributed by atoms with E-state index in [1.165, 1.54) is 141 Å². The Bertz CT molecular complexity index is 752. The Labute approximate surface area is 305 Å². The second kappa shape index (κ2) is 34.8. The minimum Gasteiger partial charge on any atom is -0.391 e. The Hall–Kier alpha value is -1.66. The number of carbonyl (C=O) groups is 2. The molecule has 2 atom stereocenters. The third-order valence-corrected chi connectivity index (χ3v) is 10.4. The summed E-state index contributed by atoms with van der Waals surface area (Å²) < 4.78 is 0.368. The van der Waals surface area contributed by atoms with Gasteiger partial charge in [-0.2, -0.15) is 0 Å². The number of unbranched alkanes of at least 4 members (excludes halogenated alkanes) is 22. The van der Waals surface area contributed by atoms with Crippen molar-refractivity contribution in [2.75, 3.05) is 20.2 Å². The average Bonchev–Trinajstić information content (AvgIpc) is 3.08. The molecular weight excluding hydrogens is 606 g/mol. The zero-order valence-corrected chi connectivity index (χ0v) is 33.4. The molecule has 0 aromatic carbocycles. The number of hydrogen-bond donors (Lipinski definition) is 3. The van der Waals surface area contributed by atoms with Crippen LogP contribution in [0.3, 0.4) is 0 Å². The molecule has 0 spiro atoms. The van der Waals surface area contributed by atoms with Crippen LogP contribution in [0.4, 0.5) is 0 Å². The zero-order valence-electron chi connectivity index (χ0n) is 33.4. The van der Waals surface area contributed by atoms with E-state index in [9.17, 15) is 14.7 Å². The van der Waals surface area contributed by atoms with Gasteiger partial charge in [-0.05, 0) is 64.2 Å². The summed E-state index contributed by atoms with van der Waals surface area (Å²) >= 11 is 0. The molecule has 0 aliphatic carbocycles. The van der Waals surface area contributed by atoms with Gasteiger partial charge < -0.3 is 15.7 Å². The van der Waals surface area contributed by atoms with Crippen molar-refractivity contribution in [3.63, 3.8) is 0 Å². The van der Waals surface area contributed by atoms with Crippen LogP contribution < -0.4 is 10.6 Å². The topological polar surface area (TPSA) is 78.4 Å². The van der Waals surface area contributed by atoms with Crippen molar-refractivity contribution in [2.24, 2.45) is 0 Å². The summed E-state index contributed by atoms with van der Waals surface area (Å²) in [4.78, 5) is 25.5. The molecule has 0 saturated heterocycles. The highest BCUT2D eigenvalue weighted by molar-refractivity contribution is 5.76. The largest absolute Gasteiger partial charge is 0.391 e. The van der Waals surface area contributed by atoms with Crippen molar-refractivity contribution in [3.05, 3.63) is 24.3 Å². The molecule has 0 aromatic rings. The van der Waals surface area contributed by atoms with Crippen LogP contribution >= 0.6 is 0 Å². The van der Waals surface area contributed by atoms with Gasteiger partial charge in [-0.25, -0.2) is 0 Å². The predicted octanol–water partition coefficient (Wildman–Crippen LogP) is 11.4. The molecule has 0 aliphatic heterocycles. The number of rotatable bonds is 36. The van der Waals surface area contributed by atoms with Crippen molar-refractivity contribution < 1.29 is 19.2 Å². The number of amides is 2. The van der Waals surface area contributed by atoms with Crippen LogP contribution in [0.2, 0.25) is 0 Å². The van der Waals surface area contributed by atoms with Gasteiger partial charge in [0.1, 0.15) is 6.54 Å². The van der Waals surface area contributed by atoms with Gasteiger partial charge in [0, 0.05) is 26.7 Å². The third-order valence-electron chi connectivity index (χ3n) is 10.4. The molecule has 2 unspecified atom stereocenters. The lowest BCUT2D eigenvalue weighted by molar-refractivity contribution is -0.957. The van der Waals surface area contributed by atoms with Crippen molar-refractivity contribution >= 4 is 11.8 Å². The van der Waals surface area contributed by atoms with E-state index < -0.39 is 0 Å². The minimum absolute atomic E-state index is 0.000603. The Morgan fingerprint density at radius 1 is 0.510 bits per heavy atom. The van der Waals surface area contributed by atoms with E-state index >= 15 is 0 Å². The maximum absolute atomic E-state index is 12.8. The van der Waals surface area contributed by atoms with E-state index in [1.54, 1.807) is 0 Å². The number of aliphatic hydroxyl groups is 1. The van der Waals surface area contributed by atoms with Crippen LogP contribution in [0.1, 0.15) is 207 Å². The van der Waals surface area contributed by atoms with Crippen LogP contribution in [0.15, 0.2) is 24.3 Å². The predicted molar refractivity (Wildman–Crippen MR) is 212 cm³/mol. The molecule has 0 heterocycles. The summed E-state index contributed by atoms with van der Waals surface area (Å²) in [5.74, 6) is 0.110. The number of quaternary nitrogens is 1. The van der Waals surface area contributed by atoms with E-state index in [2.05, 4.69) is 48.8 Å². The number of nitrogens with zero attached hydrogens (tertiary/aromatic N) is 1. The van der Waals surface area contributed by atoms with Gasteiger partial charge in [0.05, 0.1) is 13.7 Å². The molecular formula is C43H84N3O3+. The van der Waals surface area contributed by atoms with Crippen LogP contribution in [0.5, 0.6) is 0 Å². The zero-order chi connectivity index (χ0) is 36.3. The first kappa shape index (κ1) is 47.3. The van der Waals surface area contributed by atoms with E-state index in [-0.39, 0.29) is 30.8 Å². The van der Waals surface area contributed by atoms with Crippen LogP contribution in [-0.2, 0) is 9.59 Å². The Kier molecular flexibility index (Phi) is 33.6. The quantitative estimate of drug-likeness (QED) is 0.0265. The lowest BCUT2D eigenvalue weighted by Gasteiger charge is -2.44. The van der Waals surface area contributed by atoms with Crippen molar-refractivity contribution in [1.29, 1.82) is 0 Å². The fraction of sp³-hybridized carbons (Fsp3) is 0.860. The summed E-state index contributed by atoms with van der Waals surface area (Å²) in [5, 5.41) is 16.2. The van der Waals surface area contributed by atoms with E-state index in [4.69, 9.17) is 0 Å². The molecule has 0 rings (SSSR count). The Balaban J connectivity index is 4.06. The summed E-state index contributed by atoms with van der Waals surface area (Å²) in [6.45, 7) is 8.97. The molecule has 6 nitrogen and oxygen atoms in total. The van der Waals surface area contributed by atoms with E-state index in [0.717, 1.165) is 25.7 Å².